The van der Waals surface area contributed by atoms with E-state index in [1.807, 2.05) is 53.9 Å². The molecule has 0 aromatic rings. The molecule has 4 aliphatic rings. The molecule has 4 nitrogen and oxygen atoms in total. The van der Waals surface area contributed by atoms with Crippen molar-refractivity contribution in [3.8, 4) is 0 Å². The van der Waals surface area contributed by atoms with Crippen LogP contribution < -0.4 is 0 Å². The van der Waals surface area contributed by atoms with Crippen molar-refractivity contribution in [1.29, 1.82) is 0 Å². The molecule has 4 rings (SSSR count). The first-order chi connectivity index (χ1) is 13.4. The number of likely N-dealkylation sites (N-methyl/N-ethyl adjacent to an activating group) is 2. The minimum atomic E-state index is 0. The van der Waals surface area contributed by atoms with Crippen molar-refractivity contribution in [2.45, 2.75) is 67.2 Å². The van der Waals surface area contributed by atoms with Gasteiger partial charge in [0.25, 0.3) is 11.8 Å². The first kappa shape index (κ1) is 23.9. The van der Waals surface area contributed by atoms with Gasteiger partial charge in [-0.3, -0.25) is 9.59 Å². The van der Waals surface area contributed by atoms with Gasteiger partial charge in [0, 0.05) is 41.2 Å². The van der Waals surface area contributed by atoms with Crippen LogP contribution in [0.25, 0.3) is 0 Å². The van der Waals surface area contributed by atoms with Crippen LogP contribution in [0, 0.1) is 0 Å². The lowest BCUT2D eigenvalue weighted by Gasteiger charge is -2.23. The lowest BCUT2D eigenvalue weighted by atomic mass is 10.0. The van der Waals surface area contributed by atoms with E-state index in [1.165, 1.54) is 22.3 Å². The van der Waals surface area contributed by atoms with Gasteiger partial charge in [-0.25, -0.2) is 0 Å². The smallest absolute Gasteiger partial charge is 0.253 e. The predicted octanol–water partition coefficient (Wildman–Crippen LogP) is 5.53. The second-order valence-corrected chi connectivity index (χ2v) is 7.32. The SMILES string of the molecule is CC.CC.CC1=CC2=C(CCN(C)C2=O)C1.CC1=CC2=C(CCN(C)C2=O)C1.[2HH].[2HH]. The summed E-state index contributed by atoms with van der Waals surface area (Å²) in [4.78, 5) is 26.8. The highest BCUT2D eigenvalue weighted by molar-refractivity contribution is 5.99. The lowest BCUT2D eigenvalue weighted by Crippen LogP contribution is -2.32. The zero-order valence-electron chi connectivity index (χ0n) is 19.1. The number of hydrogen-bond acceptors (Lipinski definition) is 2. The maximum atomic E-state index is 11.6. The molecule has 0 spiro atoms. The number of rotatable bonds is 0. The molecule has 2 amide bonds. The minimum Gasteiger partial charge on any atom is -0.341 e. The molecule has 4 heteroatoms. The molecule has 2 aliphatic heterocycles. The molecule has 0 unspecified atom stereocenters. The van der Waals surface area contributed by atoms with Crippen molar-refractivity contribution in [3.05, 3.63) is 45.6 Å². The summed E-state index contributed by atoms with van der Waals surface area (Å²) in [5.41, 5.74) is 7.25. The molecule has 0 saturated carbocycles. The second kappa shape index (κ2) is 11.0. The summed E-state index contributed by atoms with van der Waals surface area (Å²) in [5, 5.41) is 0. The second-order valence-electron chi connectivity index (χ2n) is 7.32. The average molecular weight is 393 g/mol. The molecule has 0 bridgehead atoms. The summed E-state index contributed by atoms with van der Waals surface area (Å²) in [6.07, 6.45) is 8.24. The number of carbonyl (C=O) groups is 2. The van der Waals surface area contributed by atoms with Crippen LogP contribution in [0.4, 0.5) is 0 Å². The van der Waals surface area contributed by atoms with E-state index >= 15 is 0 Å². The quantitative estimate of drug-likeness (QED) is 0.543. The van der Waals surface area contributed by atoms with E-state index in [0.29, 0.717) is 0 Å². The van der Waals surface area contributed by atoms with E-state index in [2.05, 4.69) is 13.8 Å². The third kappa shape index (κ3) is 5.46. The molecule has 0 saturated heterocycles. The molecule has 0 N–H and O–H groups in total. The third-order valence-electron chi connectivity index (χ3n) is 5.18. The number of nitrogens with zero attached hydrogens (tertiary/aromatic N) is 2. The lowest BCUT2D eigenvalue weighted by molar-refractivity contribution is -0.126. The maximum absolute atomic E-state index is 11.6. The molecule has 0 aromatic heterocycles. The van der Waals surface area contributed by atoms with Gasteiger partial charge < -0.3 is 9.80 Å². The van der Waals surface area contributed by atoms with E-state index in [1.54, 1.807) is 9.80 Å². The van der Waals surface area contributed by atoms with Gasteiger partial charge >= 0.3 is 0 Å². The van der Waals surface area contributed by atoms with E-state index in [-0.39, 0.29) is 14.7 Å². The van der Waals surface area contributed by atoms with Crippen molar-refractivity contribution >= 4 is 11.8 Å². The Bertz CT molecular complexity index is 671. The van der Waals surface area contributed by atoms with Crippen LogP contribution in [0.5, 0.6) is 0 Å². The predicted molar refractivity (Wildman–Crippen MR) is 122 cm³/mol. The molecule has 160 valence electrons. The van der Waals surface area contributed by atoms with Gasteiger partial charge in [-0.1, -0.05) is 62.1 Å². The molecule has 0 atom stereocenters. The van der Waals surface area contributed by atoms with E-state index in [0.717, 1.165) is 49.9 Å². The molecule has 0 radical (unpaired) electrons. The largest absolute Gasteiger partial charge is 0.341 e. The van der Waals surface area contributed by atoms with E-state index < -0.39 is 0 Å². The number of allylic oxidation sites excluding steroid dienone is 2. The Morgan fingerprint density at radius 2 is 1.04 bits per heavy atom. The number of hydrogen-bond donors (Lipinski definition) is 0. The van der Waals surface area contributed by atoms with Gasteiger partial charge in [-0.15, -0.1) is 0 Å². The van der Waals surface area contributed by atoms with Gasteiger partial charge in [0.2, 0.25) is 0 Å². The summed E-state index contributed by atoms with van der Waals surface area (Å²) in [6.45, 7) is 14.0. The Hall–Kier alpha value is -2.10. The Balaban J connectivity index is 0. The zero-order valence-corrected chi connectivity index (χ0v) is 19.1. The summed E-state index contributed by atoms with van der Waals surface area (Å²) in [5.74, 6) is 0.404. The molecular formula is C24H42N2O2. The first-order valence-electron chi connectivity index (χ1n) is 10.7. The van der Waals surface area contributed by atoms with Crippen LogP contribution in [-0.2, 0) is 9.59 Å². The highest BCUT2D eigenvalue weighted by Gasteiger charge is 2.27. The minimum absolute atomic E-state index is 0. The summed E-state index contributed by atoms with van der Waals surface area (Å²) < 4.78 is 0. The maximum Gasteiger partial charge on any atom is 0.253 e. The van der Waals surface area contributed by atoms with Gasteiger partial charge in [0.05, 0.1) is 0 Å². The zero-order chi connectivity index (χ0) is 21.4. The number of amides is 2. The normalized spacial score (nSPS) is 20.1. The van der Waals surface area contributed by atoms with Gasteiger partial charge in [0.15, 0.2) is 0 Å². The summed E-state index contributed by atoms with van der Waals surface area (Å²) >= 11 is 0. The first-order valence-corrected chi connectivity index (χ1v) is 10.7. The molecule has 28 heavy (non-hydrogen) atoms. The van der Waals surface area contributed by atoms with Crippen molar-refractivity contribution in [3.63, 3.8) is 0 Å². The Kier molecular flexibility index (Phi) is 9.44. The van der Waals surface area contributed by atoms with Crippen LogP contribution in [0.2, 0.25) is 0 Å². The fourth-order valence-electron chi connectivity index (χ4n) is 3.75. The standard InChI is InChI=1S/2C10H13NO.2C2H6.2H2/c2*1-7-5-8-3-4-11(2)10(12)9(8)6-7;2*1-2;;/h2*6H,3-5H2,1-2H3;2*1-2H3;2*1H/i;;;;2*1+1. The summed E-state index contributed by atoms with van der Waals surface area (Å²) in [6, 6.07) is 0. The van der Waals surface area contributed by atoms with Crippen molar-refractivity contribution in [2.24, 2.45) is 0 Å². The molecule has 2 heterocycles. The van der Waals surface area contributed by atoms with E-state index in [4.69, 9.17) is 0 Å². The highest BCUT2D eigenvalue weighted by atomic mass is 16.2. The topological polar surface area (TPSA) is 40.6 Å². The third-order valence-corrected chi connectivity index (χ3v) is 5.18. The Morgan fingerprint density at radius 1 is 0.714 bits per heavy atom. The van der Waals surface area contributed by atoms with Crippen LogP contribution in [0.15, 0.2) is 45.6 Å². The summed E-state index contributed by atoms with van der Waals surface area (Å²) in [7, 11) is 3.74. The van der Waals surface area contributed by atoms with Crippen LogP contribution >= 0.6 is 0 Å². The van der Waals surface area contributed by atoms with Crippen LogP contribution in [-0.4, -0.2) is 48.8 Å². The molecular weight excluding hydrogens is 348 g/mol. The van der Waals surface area contributed by atoms with Crippen molar-refractivity contribution in [2.75, 3.05) is 27.2 Å². The highest BCUT2D eigenvalue weighted by Crippen LogP contribution is 2.32. The van der Waals surface area contributed by atoms with Crippen molar-refractivity contribution < 1.29 is 12.4 Å². The Labute approximate surface area is 174 Å². The van der Waals surface area contributed by atoms with Crippen LogP contribution in [0.3, 0.4) is 0 Å². The molecule has 2 aliphatic carbocycles. The average Bonchev–Trinajstić information content (AvgIpc) is 3.28. The van der Waals surface area contributed by atoms with Gasteiger partial charge in [-0.2, -0.15) is 0 Å². The van der Waals surface area contributed by atoms with Gasteiger partial charge in [0.1, 0.15) is 0 Å². The number of carbonyl (C=O) groups excluding carboxylic acids is 2. The molecule has 0 aromatic carbocycles. The fraction of sp³-hybridized carbons (Fsp3) is 0.583. The van der Waals surface area contributed by atoms with E-state index in [9.17, 15) is 9.59 Å². The van der Waals surface area contributed by atoms with Gasteiger partial charge in [-0.05, 0) is 39.5 Å². The molecule has 0 fully saturated rings. The van der Waals surface area contributed by atoms with Crippen LogP contribution in [0.1, 0.15) is 70.1 Å². The van der Waals surface area contributed by atoms with Crippen molar-refractivity contribution in [1.82, 2.24) is 9.80 Å². The Morgan fingerprint density at radius 3 is 1.36 bits per heavy atom. The fourth-order valence-corrected chi connectivity index (χ4v) is 3.75. The monoisotopic (exact) mass is 392 g/mol.